The van der Waals surface area contributed by atoms with Crippen molar-refractivity contribution in [1.29, 1.82) is 0 Å². The fourth-order valence-electron chi connectivity index (χ4n) is 2.29. The molecule has 7 nitrogen and oxygen atoms in total. The van der Waals surface area contributed by atoms with Crippen molar-refractivity contribution < 1.29 is 14.3 Å². The van der Waals surface area contributed by atoms with Gasteiger partial charge in [0.1, 0.15) is 0 Å². The molecule has 0 aliphatic carbocycles. The van der Waals surface area contributed by atoms with Crippen LogP contribution in [0.3, 0.4) is 0 Å². The Hall–Kier alpha value is -1.44. The fourth-order valence-corrected chi connectivity index (χ4v) is 2.29. The summed E-state index contributed by atoms with van der Waals surface area (Å²) in [5.74, 6) is -0.333. The molecule has 7 heteroatoms. The van der Waals surface area contributed by atoms with Crippen molar-refractivity contribution in [2.24, 2.45) is 5.73 Å². The van der Waals surface area contributed by atoms with E-state index >= 15 is 0 Å². The van der Waals surface area contributed by atoms with Gasteiger partial charge in [0.25, 0.3) is 0 Å². The van der Waals surface area contributed by atoms with Crippen LogP contribution in [0, 0.1) is 0 Å². The van der Waals surface area contributed by atoms with E-state index in [1.165, 1.54) is 0 Å². The second kappa shape index (κ2) is 8.68. The van der Waals surface area contributed by atoms with E-state index in [-0.39, 0.29) is 24.6 Å². The number of rotatable bonds is 6. The Morgan fingerprint density at radius 1 is 1.55 bits per heavy atom. The molecular weight excluding hydrogens is 260 g/mol. The Morgan fingerprint density at radius 2 is 2.30 bits per heavy atom. The predicted molar refractivity (Wildman–Crippen MR) is 76.2 cm³/mol. The summed E-state index contributed by atoms with van der Waals surface area (Å²) in [5, 5.41) is 4.77. The summed E-state index contributed by atoms with van der Waals surface area (Å²) in [4.78, 5) is 25.1. The number of hydrogen-bond acceptors (Lipinski definition) is 5. The molecule has 1 heterocycles. The molecule has 20 heavy (non-hydrogen) atoms. The number of hydrogen-bond donors (Lipinski definition) is 3. The smallest absolute Gasteiger partial charge is 0.321 e. The van der Waals surface area contributed by atoms with Crippen LogP contribution in [0.15, 0.2) is 12.7 Å². The van der Waals surface area contributed by atoms with Gasteiger partial charge < -0.3 is 15.8 Å². The van der Waals surface area contributed by atoms with Gasteiger partial charge in [0, 0.05) is 32.8 Å². The van der Waals surface area contributed by atoms with Crippen LogP contribution < -0.4 is 16.4 Å². The number of nitrogens with zero attached hydrogens (tertiary/aromatic N) is 1. The second-order valence-corrected chi connectivity index (χ2v) is 4.79. The average molecular weight is 284 g/mol. The molecule has 1 aliphatic heterocycles. The van der Waals surface area contributed by atoms with Crippen LogP contribution in [-0.4, -0.2) is 62.3 Å². The minimum atomic E-state index is -0.508. The van der Waals surface area contributed by atoms with E-state index in [0.29, 0.717) is 13.1 Å². The number of amides is 3. The lowest BCUT2D eigenvalue weighted by molar-refractivity contribution is -0.122. The van der Waals surface area contributed by atoms with Crippen LogP contribution in [0.5, 0.6) is 0 Å². The van der Waals surface area contributed by atoms with Crippen molar-refractivity contribution in [3.05, 3.63) is 12.7 Å². The number of piperidine rings is 1. The highest BCUT2D eigenvalue weighted by atomic mass is 16.5. The number of carbonyl (C=O) groups is 2. The van der Waals surface area contributed by atoms with E-state index in [1.807, 2.05) is 4.90 Å². The molecule has 0 saturated carbocycles. The van der Waals surface area contributed by atoms with Gasteiger partial charge in [-0.15, -0.1) is 6.58 Å². The third kappa shape index (κ3) is 5.28. The van der Waals surface area contributed by atoms with E-state index in [9.17, 15) is 9.59 Å². The lowest BCUT2D eigenvalue weighted by Crippen LogP contribution is -2.53. The van der Waals surface area contributed by atoms with Gasteiger partial charge in [0.05, 0.1) is 12.6 Å². The first-order valence-corrected chi connectivity index (χ1v) is 6.76. The summed E-state index contributed by atoms with van der Waals surface area (Å²) in [5.41, 5.74) is 5.73. The third-order valence-corrected chi connectivity index (χ3v) is 3.40. The summed E-state index contributed by atoms with van der Waals surface area (Å²) < 4.78 is 5.33. The summed E-state index contributed by atoms with van der Waals surface area (Å²) >= 11 is 0. The zero-order valence-corrected chi connectivity index (χ0v) is 11.9. The van der Waals surface area contributed by atoms with Gasteiger partial charge >= 0.3 is 6.03 Å². The van der Waals surface area contributed by atoms with Crippen molar-refractivity contribution in [1.82, 2.24) is 15.5 Å². The fraction of sp³-hybridized carbons (Fsp3) is 0.692. The van der Waals surface area contributed by atoms with Crippen LogP contribution in [-0.2, 0) is 9.53 Å². The van der Waals surface area contributed by atoms with Gasteiger partial charge in [0.15, 0.2) is 0 Å². The number of carbonyl (C=O) groups excluding carboxylic acids is 2. The van der Waals surface area contributed by atoms with Crippen LogP contribution in [0.2, 0.25) is 0 Å². The number of likely N-dealkylation sites (tertiary alicyclic amines) is 1. The van der Waals surface area contributed by atoms with E-state index in [0.717, 1.165) is 19.4 Å². The number of nitrogens with one attached hydrogen (secondary N) is 2. The van der Waals surface area contributed by atoms with Crippen molar-refractivity contribution in [2.75, 3.05) is 33.3 Å². The van der Waals surface area contributed by atoms with Crippen LogP contribution in [0.1, 0.15) is 12.8 Å². The van der Waals surface area contributed by atoms with E-state index < -0.39 is 6.03 Å². The van der Waals surface area contributed by atoms with Gasteiger partial charge in [-0.25, -0.2) is 4.79 Å². The SMILES string of the molecule is C=CCNC(=O)NC(=O)CN1CCC(OC)CC1CN. The third-order valence-electron chi connectivity index (χ3n) is 3.40. The molecule has 2 unspecified atom stereocenters. The second-order valence-electron chi connectivity index (χ2n) is 4.79. The first-order chi connectivity index (χ1) is 9.60. The number of imide groups is 1. The molecule has 1 saturated heterocycles. The highest BCUT2D eigenvalue weighted by Gasteiger charge is 2.28. The quantitative estimate of drug-likeness (QED) is 0.568. The molecule has 1 aliphatic rings. The molecule has 3 amide bonds. The zero-order valence-electron chi connectivity index (χ0n) is 11.9. The molecule has 0 spiro atoms. The molecule has 114 valence electrons. The largest absolute Gasteiger partial charge is 0.381 e. The Kier molecular flexibility index (Phi) is 7.21. The van der Waals surface area contributed by atoms with E-state index in [1.54, 1.807) is 13.2 Å². The maximum atomic E-state index is 11.8. The van der Waals surface area contributed by atoms with Gasteiger partial charge in [0.2, 0.25) is 5.91 Å². The van der Waals surface area contributed by atoms with E-state index in [2.05, 4.69) is 17.2 Å². The maximum absolute atomic E-state index is 11.8. The Balaban J connectivity index is 2.40. The summed E-state index contributed by atoms with van der Waals surface area (Å²) in [6, 6.07) is -0.401. The van der Waals surface area contributed by atoms with Crippen molar-refractivity contribution in [3.8, 4) is 0 Å². The highest BCUT2D eigenvalue weighted by molar-refractivity contribution is 5.95. The maximum Gasteiger partial charge on any atom is 0.321 e. The number of ether oxygens (including phenoxy) is 1. The Labute approximate surface area is 119 Å². The summed E-state index contributed by atoms with van der Waals surface area (Å²) in [6.07, 6.45) is 3.41. The van der Waals surface area contributed by atoms with Gasteiger partial charge in [-0.1, -0.05) is 6.08 Å². The predicted octanol–water partition coefficient (Wildman–Crippen LogP) is -0.564. The lowest BCUT2D eigenvalue weighted by atomic mass is 9.99. The molecule has 0 aromatic rings. The first kappa shape index (κ1) is 16.6. The molecule has 0 radical (unpaired) electrons. The Morgan fingerprint density at radius 3 is 2.90 bits per heavy atom. The monoisotopic (exact) mass is 284 g/mol. The normalized spacial score (nSPS) is 23.1. The van der Waals surface area contributed by atoms with Crippen LogP contribution in [0.4, 0.5) is 4.79 Å². The molecule has 0 bridgehead atoms. The number of urea groups is 1. The van der Waals surface area contributed by atoms with Crippen molar-refractivity contribution in [2.45, 2.75) is 25.0 Å². The van der Waals surface area contributed by atoms with Gasteiger partial charge in [-0.3, -0.25) is 15.0 Å². The highest BCUT2D eigenvalue weighted by Crippen LogP contribution is 2.18. The zero-order chi connectivity index (χ0) is 15.0. The standard InChI is InChI=1S/C13H24N4O3/c1-3-5-15-13(19)16-12(18)9-17-6-4-11(20-2)7-10(17)8-14/h3,10-11H,1,4-9,14H2,2H3,(H2,15,16,18,19). The minimum Gasteiger partial charge on any atom is -0.381 e. The molecule has 2 atom stereocenters. The number of nitrogens with two attached hydrogens (primary N) is 1. The van der Waals surface area contributed by atoms with Gasteiger partial charge in [-0.2, -0.15) is 0 Å². The Bertz CT molecular complexity index is 349. The van der Waals surface area contributed by atoms with Crippen molar-refractivity contribution >= 4 is 11.9 Å². The number of methoxy groups -OCH3 is 1. The average Bonchev–Trinajstić information content (AvgIpc) is 2.45. The first-order valence-electron chi connectivity index (χ1n) is 6.76. The minimum absolute atomic E-state index is 0.107. The molecule has 0 aromatic heterocycles. The van der Waals surface area contributed by atoms with Gasteiger partial charge in [-0.05, 0) is 12.8 Å². The van der Waals surface area contributed by atoms with E-state index in [4.69, 9.17) is 10.5 Å². The topological polar surface area (TPSA) is 96.7 Å². The molecule has 0 aromatic carbocycles. The lowest BCUT2D eigenvalue weighted by Gasteiger charge is -2.37. The molecular formula is C13H24N4O3. The van der Waals surface area contributed by atoms with Crippen LogP contribution in [0.25, 0.3) is 0 Å². The molecule has 4 N–H and O–H groups in total. The summed E-state index contributed by atoms with van der Waals surface area (Å²) in [7, 11) is 1.69. The molecule has 1 rings (SSSR count). The molecule has 1 fully saturated rings. The van der Waals surface area contributed by atoms with Crippen molar-refractivity contribution in [3.63, 3.8) is 0 Å². The van der Waals surface area contributed by atoms with Crippen LogP contribution >= 0.6 is 0 Å². The summed E-state index contributed by atoms with van der Waals surface area (Å²) in [6.45, 7) is 5.18.